The molecular formula is C16H22NO+. The predicted octanol–water partition coefficient (Wildman–Crippen LogP) is 1.72. The van der Waals surface area contributed by atoms with E-state index in [-0.39, 0.29) is 0 Å². The molecule has 0 spiro atoms. The van der Waals surface area contributed by atoms with E-state index in [1.165, 1.54) is 5.56 Å². The van der Waals surface area contributed by atoms with Gasteiger partial charge in [0.2, 0.25) is 0 Å². The van der Waals surface area contributed by atoms with Crippen LogP contribution >= 0.6 is 0 Å². The Balaban J connectivity index is 0.00000137. The monoisotopic (exact) mass is 244 g/mol. The second-order valence-electron chi connectivity index (χ2n) is 3.36. The lowest BCUT2D eigenvalue weighted by atomic mass is 10.1. The highest BCUT2D eigenvalue weighted by molar-refractivity contribution is 5.75. The normalized spacial score (nSPS) is 10.7. The molecule has 0 saturated heterocycles. The summed E-state index contributed by atoms with van der Waals surface area (Å²) in [7, 11) is 0. The molecule has 0 aliphatic carbocycles. The van der Waals surface area contributed by atoms with Crippen molar-refractivity contribution >= 4 is 12.5 Å². The zero-order chi connectivity index (χ0) is 13.6. The van der Waals surface area contributed by atoms with E-state index in [1.54, 1.807) is 6.08 Å². The zero-order valence-electron chi connectivity index (χ0n) is 11.2. The van der Waals surface area contributed by atoms with Crippen LogP contribution in [0.3, 0.4) is 0 Å². The van der Waals surface area contributed by atoms with Gasteiger partial charge >= 0.3 is 0 Å². The molecule has 1 aromatic carbocycles. The van der Waals surface area contributed by atoms with E-state index in [4.69, 9.17) is 0 Å². The maximum Gasteiger partial charge on any atom is 0.196 e. The number of hydrogen-bond donors (Lipinski definition) is 1. The predicted molar refractivity (Wildman–Crippen MR) is 77.7 cm³/mol. The van der Waals surface area contributed by atoms with E-state index in [0.29, 0.717) is 6.54 Å². The number of carbonyl (C=O) groups excluding carboxylic acids is 1. The van der Waals surface area contributed by atoms with Gasteiger partial charge in [-0.15, -0.1) is 0 Å². The Morgan fingerprint density at radius 1 is 1.28 bits per heavy atom. The van der Waals surface area contributed by atoms with E-state index >= 15 is 0 Å². The smallest absolute Gasteiger partial charge is 0.196 e. The average molecular weight is 244 g/mol. The molecule has 0 aromatic heterocycles. The minimum Gasteiger partial charge on any atom is -0.296 e. The molecule has 1 rings (SSSR count). The summed E-state index contributed by atoms with van der Waals surface area (Å²) in [6.07, 6.45) is 7.20. The van der Waals surface area contributed by atoms with Crippen LogP contribution in [0.2, 0.25) is 0 Å². The Kier molecular flexibility index (Phi) is 10.3. The lowest BCUT2D eigenvalue weighted by Gasteiger charge is -1.98. The molecule has 0 unspecified atom stereocenters. The molecule has 0 amide bonds. The summed E-state index contributed by atoms with van der Waals surface area (Å²) in [5, 5.41) is 0. The first-order chi connectivity index (χ1) is 8.86. The first kappa shape index (κ1) is 16.0. The molecule has 0 radical (unpaired) electrons. The summed E-state index contributed by atoms with van der Waals surface area (Å²) in [6, 6.07) is 10.2. The van der Waals surface area contributed by atoms with Gasteiger partial charge in [-0.1, -0.05) is 62.9 Å². The third-order valence-electron chi connectivity index (χ3n) is 2.07. The number of benzene rings is 1. The van der Waals surface area contributed by atoms with Crippen molar-refractivity contribution in [1.82, 2.24) is 0 Å². The highest BCUT2D eigenvalue weighted by atomic mass is 16.1. The lowest BCUT2D eigenvalue weighted by Crippen LogP contribution is -2.69. The highest BCUT2D eigenvalue weighted by Gasteiger charge is 1.98. The second kappa shape index (κ2) is 11.5. The summed E-state index contributed by atoms with van der Waals surface area (Å²) in [4.78, 5) is 13.1. The van der Waals surface area contributed by atoms with Crippen molar-refractivity contribution in [2.24, 2.45) is 0 Å². The van der Waals surface area contributed by atoms with Crippen LogP contribution in [0.25, 0.3) is 0 Å². The molecule has 0 saturated carbocycles. The first-order valence-electron chi connectivity index (χ1n) is 6.22. The largest absolute Gasteiger partial charge is 0.296 e. The van der Waals surface area contributed by atoms with Crippen LogP contribution in [0.15, 0.2) is 54.6 Å². The molecule has 0 atom stereocenters. The minimum absolute atomic E-state index is 0.337. The van der Waals surface area contributed by atoms with Crippen molar-refractivity contribution < 1.29 is 9.79 Å². The number of nitrogens with one attached hydrogen (secondary N) is 1. The summed E-state index contributed by atoms with van der Waals surface area (Å²) in [6.45, 7) is 8.01. The second-order valence-corrected chi connectivity index (χ2v) is 3.36. The van der Waals surface area contributed by atoms with Crippen molar-refractivity contribution in [3.05, 3.63) is 60.2 Å². The van der Waals surface area contributed by atoms with Crippen LogP contribution in [0.1, 0.15) is 19.4 Å². The van der Waals surface area contributed by atoms with E-state index < -0.39 is 0 Å². The first-order valence-corrected chi connectivity index (χ1v) is 6.22. The van der Waals surface area contributed by atoms with Crippen LogP contribution in [0, 0.1) is 0 Å². The summed E-state index contributed by atoms with van der Waals surface area (Å²) < 4.78 is 0. The fraction of sp³-hybridized carbons (Fsp3) is 0.250. The molecule has 18 heavy (non-hydrogen) atoms. The maximum absolute atomic E-state index is 10.2. The van der Waals surface area contributed by atoms with Gasteiger partial charge in [0.15, 0.2) is 19.0 Å². The molecule has 96 valence electrons. The van der Waals surface area contributed by atoms with Gasteiger partial charge in [0, 0.05) is 12.0 Å². The lowest BCUT2D eigenvalue weighted by molar-refractivity contribution is -0.435. The Hall–Kier alpha value is -1.96. The molecule has 2 nitrogen and oxygen atoms in total. The fourth-order valence-corrected chi connectivity index (χ4v) is 1.38. The molecule has 0 aliphatic heterocycles. The van der Waals surface area contributed by atoms with Crippen molar-refractivity contribution in [1.29, 1.82) is 0 Å². The molecule has 1 N–H and O–H groups in total. The number of allylic oxidation sites excluding steroid dienone is 3. The summed E-state index contributed by atoms with van der Waals surface area (Å²) >= 11 is 0. The fourth-order valence-electron chi connectivity index (χ4n) is 1.38. The third kappa shape index (κ3) is 7.34. The molecule has 0 bridgehead atoms. The molecule has 0 fully saturated rings. The van der Waals surface area contributed by atoms with Gasteiger partial charge in [0.05, 0.1) is 0 Å². The Morgan fingerprint density at radius 2 is 1.94 bits per heavy atom. The van der Waals surface area contributed by atoms with Gasteiger partial charge in [-0.2, -0.15) is 0 Å². The number of carbonyl (C=O) groups is 1. The standard InChI is InChI=1S/C14H15NO.C2H6/c1-2-6-14(12-15-9-10-16)11-13-7-4-3-5-8-13;1-2/h2-8,10,12H,1,9,11H2;1-2H3/p+1/b14-6-,15-12?;. The third-order valence-corrected chi connectivity index (χ3v) is 2.07. The Morgan fingerprint density at radius 3 is 2.50 bits per heavy atom. The van der Waals surface area contributed by atoms with Gasteiger partial charge in [0.1, 0.15) is 0 Å². The van der Waals surface area contributed by atoms with E-state index in [0.717, 1.165) is 18.3 Å². The quantitative estimate of drug-likeness (QED) is 0.461. The highest BCUT2D eigenvalue weighted by Crippen LogP contribution is 2.05. The molecule has 2 heteroatoms. The SMILES string of the molecule is C=C/C=C(\C=[NH+]CC=O)Cc1ccccc1.CC. The zero-order valence-corrected chi connectivity index (χ0v) is 11.2. The molecular weight excluding hydrogens is 222 g/mol. The van der Waals surface area contributed by atoms with Crippen molar-refractivity contribution in [3.63, 3.8) is 0 Å². The van der Waals surface area contributed by atoms with Crippen molar-refractivity contribution in [2.45, 2.75) is 20.3 Å². The molecule has 0 aliphatic rings. The van der Waals surface area contributed by atoms with E-state index in [9.17, 15) is 4.79 Å². The van der Waals surface area contributed by atoms with Crippen LogP contribution < -0.4 is 4.99 Å². The van der Waals surface area contributed by atoms with Gasteiger partial charge < -0.3 is 0 Å². The maximum atomic E-state index is 10.2. The Bertz CT molecular complexity index is 391. The van der Waals surface area contributed by atoms with Crippen molar-refractivity contribution in [3.8, 4) is 0 Å². The van der Waals surface area contributed by atoms with Gasteiger partial charge in [0.25, 0.3) is 0 Å². The summed E-state index contributed by atoms with van der Waals surface area (Å²) in [5.74, 6) is 0. The van der Waals surface area contributed by atoms with E-state index in [2.05, 4.69) is 23.7 Å². The van der Waals surface area contributed by atoms with Crippen LogP contribution in [0.5, 0.6) is 0 Å². The van der Waals surface area contributed by atoms with Gasteiger partial charge in [-0.05, 0) is 5.56 Å². The number of rotatable bonds is 6. The summed E-state index contributed by atoms with van der Waals surface area (Å²) in [5.41, 5.74) is 2.34. The van der Waals surface area contributed by atoms with Crippen LogP contribution in [0.4, 0.5) is 0 Å². The molecule has 1 aromatic rings. The van der Waals surface area contributed by atoms with Crippen LogP contribution in [-0.4, -0.2) is 19.0 Å². The number of hydrogen-bond acceptors (Lipinski definition) is 1. The topological polar surface area (TPSA) is 31.0 Å². The van der Waals surface area contributed by atoms with Crippen LogP contribution in [-0.2, 0) is 11.2 Å². The Labute approximate surface area is 110 Å². The minimum atomic E-state index is 0.337. The van der Waals surface area contributed by atoms with Crippen molar-refractivity contribution in [2.75, 3.05) is 6.54 Å². The number of aldehydes is 1. The average Bonchev–Trinajstić information content (AvgIpc) is 2.43. The van der Waals surface area contributed by atoms with Gasteiger partial charge in [-0.25, -0.2) is 4.99 Å². The molecule has 0 heterocycles. The van der Waals surface area contributed by atoms with E-state index in [1.807, 2.05) is 44.3 Å². The van der Waals surface area contributed by atoms with Gasteiger partial charge in [-0.3, -0.25) is 4.79 Å².